The normalized spacial score (nSPS) is 15.1. The lowest BCUT2D eigenvalue weighted by Crippen LogP contribution is -2.37. The molecule has 1 unspecified atom stereocenters. The highest BCUT2D eigenvalue weighted by molar-refractivity contribution is 7.89. The van der Waals surface area contributed by atoms with E-state index in [0.717, 1.165) is 11.3 Å². The van der Waals surface area contributed by atoms with E-state index >= 15 is 0 Å². The van der Waals surface area contributed by atoms with Crippen LogP contribution in [0.5, 0.6) is 0 Å². The van der Waals surface area contributed by atoms with Gasteiger partial charge in [-0.3, -0.25) is 4.79 Å². The van der Waals surface area contributed by atoms with Crippen LogP contribution in [-0.4, -0.2) is 40.5 Å². The average Bonchev–Trinajstić information content (AvgIpc) is 2.87. The number of nitrogens with zero attached hydrogens (tertiary/aromatic N) is 1. The van der Waals surface area contributed by atoms with Crippen molar-refractivity contribution in [3.05, 3.63) is 23.8 Å². The van der Waals surface area contributed by atoms with Gasteiger partial charge < -0.3 is 10.2 Å². The van der Waals surface area contributed by atoms with Crippen LogP contribution in [0.1, 0.15) is 19.4 Å². The number of sulfonamides is 1. The first kappa shape index (κ1) is 18.9. The molecule has 0 spiro atoms. The molecule has 1 aliphatic heterocycles. The predicted octanol–water partition coefficient (Wildman–Crippen LogP) is 0.904. The number of anilines is 1. The van der Waals surface area contributed by atoms with Gasteiger partial charge in [-0.2, -0.15) is 0 Å². The van der Waals surface area contributed by atoms with Crippen LogP contribution in [0.15, 0.2) is 23.1 Å². The van der Waals surface area contributed by atoms with Crippen LogP contribution in [0.3, 0.4) is 0 Å². The summed E-state index contributed by atoms with van der Waals surface area (Å²) in [6, 6.07) is 4.97. The Hall–Kier alpha value is -1.15. The number of likely N-dealkylation sites (N-methyl/N-ethyl adjacent to an activating group) is 1. The average molecular weight is 348 g/mol. The van der Waals surface area contributed by atoms with Gasteiger partial charge in [0, 0.05) is 31.7 Å². The zero-order chi connectivity index (χ0) is 15.6. The molecule has 0 saturated heterocycles. The fraction of sp³-hybridized carbons (Fsp3) is 0.500. The van der Waals surface area contributed by atoms with Gasteiger partial charge in [0.1, 0.15) is 0 Å². The molecule has 1 heterocycles. The van der Waals surface area contributed by atoms with Gasteiger partial charge in [-0.25, -0.2) is 13.1 Å². The summed E-state index contributed by atoms with van der Waals surface area (Å²) < 4.78 is 27.1. The summed E-state index contributed by atoms with van der Waals surface area (Å²) in [4.78, 5) is 13.4. The summed E-state index contributed by atoms with van der Waals surface area (Å²) in [5, 5.41) is 2.98. The summed E-state index contributed by atoms with van der Waals surface area (Å²) in [5.41, 5.74) is 1.71. The fourth-order valence-electron chi connectivity index (χ4n) is 2.29. The Morgan fingerprint density at radius 2 is 2.09 bits per heavy atom. The number of benzene rings is 1. The van der Waals surface area contributed by atoms with Gasteiger partial charge in [0.15, 0.2) is 0 Å². The molecule has 6 nitrogen and oxygen atoms in total. The van der Waals surface area contributed by atoms with Crippen LogP contribution in [-0.2, 0) is 21.2 Å². The fourth-order valence-corrected chi connectivity index (χ4v) is 3.47. The maximum Gasteiger partial charge on any atom is 0.240 e. The van der Waals surface area contributed by atoms with Crippen LogP contribution in [0.4, 0.5) is 5.69 Å². The number of rotatable bonds is 5. The molecule has 0 radical (unpaired) electrons. The van der Waals surface area contributed by atoms with Gasteiger partial charge in [0.05, 0.1) is 4.90 Å². The molecule has 0 fully saturated rings. The largest absolute Gasteiger partial charge is 0.316 e. The molecule has 1 amide bonds. The van der Waals surface area contributed by atoms with Gasteiger partial charge in [-0.1, -0.05) is 0 Å². The van der Waals surface area contributed by atoms with Crippen molar-refractivity contribution in [2.24, 2.45) is 0 Å². The second kappa shape index (κ2) is 7.41. The lowest BCUT2D eigenvalue weighted by atomic mass is 10.2. The third kappa shape index (κ3) is 3.98. The number of hydrogen-bond acceptors (Lipinski definition) is 4. The van der Waals surface area contributed by atoms with E-state index < -0.39 is 10.0 Å². The number of hydrogen-bond donors (Lipinski definition) is 2. The number of nitrogens with one attached hydrogen (secondary N) is 2. The van der Waals surface area contributed by atoms with Gasteiger partial charge >= 0.3 is 0 Å². The highest BCUT2D eigenvalue weighted by Gasteiger charge is 2.24. The van der Waals surface area contributed by atoms with Gasteiger partial charge in [0.2, 0.25) is 15.9 Å². The summed E-state index contributed by atoms with van der Waals surface area (Å²) in [6.07, 6.45) is 0.686. The van der Waals surface area contributed by atoms with Gasteiger partial charge in [-0.15, -0.1) is 12.4 Å². The number of carbonyl (C=O) groups excluding carboxylic acids is 1. The van der Waals surface area contributed by atoms with E-state index in [0.29, 0.717) is 19.5 Å². The minimum atomic E-state index is -3.52. The van der Waals surface area contributed by atoms with E-state index in [2.05, 4.69) is 10.0 Å². The van der Waals surface area contributed by atoms with Crippen molar-refractivity contribution in [2.75, 3.05) is 25.0 Å². The molecule has 0 aliphatic carbocycles. The second-order valence-corrected chi connectivity index (χ2v) is 7.02. The second-order valence-electron chi connectivity index (χ2n) is 5.25. The van der Waals surface area contributed by atoms with Crippen molar-refractivity contribution in [3.8, 4) is 0 Å². The molecular weight excluding hydrogens is 326 g/mol. The molecule has 0 bridgehead atoms. The Kier molecular flexibility index (Phi) is 6.37. The first-order valence-corrected chi connectivity index (χ1v) is 8.41. The highest BCUT2D eigenvalue weighted by atomic mass is 35.5. The molecule has 0 aromatic heterocycles. The van der Waals surface area contributed by atoms with Crippen molar-refractivity contribution >= 4 is 34.0 Å². The van der Waals surface area contributed by atoms with Crippen LogP contribution in [0.25, 0.3) is 0 Å². The van der Waals surface area contributed by atoms with Crippen molar-refractivity contribution in [1.82, 2.24) is 10.0 Å². The lowest BCUT2D eigenvalue weighted by Gasteiger charge is -2.15. The van der Waals surface area contributed by atoms with Crippen molar-refractivity contribution in [1.29, 1.82) is 0 Å². The molecule has 1 aromatic rings. The van der Waals surface area contributed by atoms with Crippen molar-refractivity contribution < 1.29 is 13.2 Å². The Labute approximate surface area is 137 Å². The molecule has 8 heteroatoms. The smallest absolute Gasteiger partial charge is 0.240 e. The lowest BCUT2D eigenvalue weighted by molar-refractivity contribution is -0.116. The SMILES string of the molecule is CNC(C)CNS(=O)(=O)c1ccc2c(c1)CCN2C(C)=O.Cl. The number of amides is 1. The van der Waals surface area contributed by atoms with Crippen LogP contribution < -0.4 is 14.9 Å². The quantitative estimate of drug-likeness (QED) is 0.829. The number of fused-ring (bicyclic) bond motifs is 1. The van der Waals surface area contributed by atoms with Crippen LogP contribution in [0.2, 0.25) is 0 Å². The molecule has 124 valence electrons. The van der Waals surface area contributed by atoms with Gasteiger partial charge in [-0.05, 0) is 44.2 Å². The molecular formula is C14H22ClN3O3S. The van der Waals surface area contributed by atoms with Crippen LogP contribution >= 0.6 is 12.4 Å². The van der Waals surface area contributed by atoms with E-state index in [-0.39, 0.29) is 29.3 Å². The Bertz CT molecular complexity index is 649. The zero-order valence-corrected chi connectivity index (χ0v) is 14.6. The first-order valence-electron chi connectivity index (χ1n) is 6.93. The summed E-state index contributed by atoms with van der Waals surface area (Å²) >= 11 is 0. The first-order chi connectivity index (χ1) is 9.85. The van der Waals surface area contributed by atoms with Gasteiger partial charge in [0.25, 0.3) is 0 Å². The maximum absolute atomic E-state index is 12.2. The monoisotopic (exact) mass is 347 g/mol. The molecule has 1 aromatic carbocycles. The van der Waals surface area contributed by atoms with Crippen molar-refractivity contribution in [3.63, 3.8) is 0 Å². The van der Waals surface area contributed by atoms with Crippen molar-refractivity contribution in [2.45, 2.75) is 31.2 Å². The Morgan fingerprint density at radius 3 is 2.68 bits per heavy atom. The topological polar surface area (TPSA) is 78.5 Å². The van der Waals surface area contributed by atoms with E-state index in [1.54, 1.807) is 30.1 Å². The number of carbonyl (C=O) groups is 1. The summed E-state index contributed by atoms with van der Waals surface area (Å²) in [6.45, 7) is 4.35. The minimum Gasteiger partial charge on any atom is -0.316 e. The standard InChI is InChI=1S/C14H21N3O3S.ClH/c1-10(15-3)9-16-21(19,20)13-4-5-14-12(8-13)6-7-17(14)11(2)18;/h4-5,8,10,15-16H,6-7,9H2,1-3H3;1H. The third-order valence-corrected chi connectivity index (χ3v) is 5.13. The van der Waals surface area contributed by atoms with E-state index in [1.165, 1.54) is 6.92 Å². The van der Waals surface area contributed by atoms with E-state index in [9.17, 15) is 13.2 Å². The Morgan fingerprint density at radius 1 is 1.41 bits per heavy atom. The highest BCUT2D eigenvalue weighted by Crippen LogP contribution is 2.30. The predicted molar refractivity (Wildman–Crippen MR) is 89.1 cm³/mol. The third-order valence-electron chi connectivity index (χ3n) is 3.71. The molecule has 2 N–H and O–H groups in total. The van der Waals surface area contributed by atoms with E-state index in [1.807, 2.05) is 6.92 Å². The maximum atomic E-state index is 12.2. The Balaban J connectivity index is 0.00000242. The van der Waals surface area contributed by atoms with E-state index in [4.69, 9.17) is 0 Å². The molecule has 1 aliphatic rings. The summed E-state index contributed by atoms with van der Waals surface area (Å²) in [7, 11) is -1.74. The van der Waals surface area contributed by atoms with Crippen LogP contribution in [0, 0.1) is 0 Å². The molecule has 2 rings (SSSR count). The molecule has 1 atom stereocenters. The minimum absolute atomic E-state index is 0. The molecule has 0 saturated carbocycles. The molecule has 22 heavy (non-hydrogen) atoms. The number of halogens is 1. The summed E-state index contributed by atoms with van der Waals surface area (Å²) in [5.74, 6) is -0.0228. The zero-order valence-electron chi connectivity index (χ0n) is 12.9.